The van der Waals surface area contributed by atoms with Crippen LogP contribution in [-0.2, 0) is 6.54 Å². The van der Waals surface area contributed by atoms with E-state index in [1.54, 1.807) is 24.8 Å². The van der Waals surface area contributed by atoms with Crippen LogP contribution in [0.3, 0.4) is 0 Å². The van der Waals surface area contributed by atoms with Crippen LogP contribution in [0.15, 0.2) is 35.3 Å². The van der Waals surface area contributed by atoms with E-state index in [9.17, 15) is 0 Å². The quantitative estimate of drug-likeness (QED) is 0.859. The number of ether oxygens (including phenoxy) is 1. The number of furan rings is 1. The normalized spacial score (nSPS) is 10.5. The molecule has 0 aliphatic rings. The molecule has 0 aliphatic carbocycles. The molecule has 0 unspecified atom stereocenters. The van der Waals surface area contributed by atoms with Crippen molar-refractivity contribution in [1.82, 2.24) is 9.97 Å². The molecule has 1 N–H and O–H groups in total. The topological polar surface area (TPSA) is 60.2 Å². The smallest absolute Gasteiger partial charge is 0.226 e. The summed E-state index contributed by atoms with van der Waals surface area (Å²) < 4.78 is 10.5. The van der Waals surface area contributed by atoms with Gasteiger partial charge in [0.25, 0.3) is 0 Å². The van der Waals surface area contributed by atoms with Gasteiger partial charge in [0.1, 0.15) is 0 Å². The van der Waals surface area contributed by atoms with E-state index in [-0.39, 0.29) is 6.10 Å². The first kappa shape index (κ1) is 11.4. The second-order valence-corrected chi connectivity index (χ2v) is 3.87. The molecule has 0 spiro atoms. The maximum absolute atomic E-state index is 5.48. The van der Waals surface area contributed by atoms with Gasteiger partial charge in [0.15, 0.2) is 0 Å². The molecule has 2 aromatic rings. The lowest BCUT2D eigenvalue weighted by Crippen LogP contribution is -2.09. The van der Waals surface area contributed by atoms with Gasteiger partial charge in [0.05, 0.1) is 18.6 Å². The number of hydrogen-bond donors (Lipinski definition) is 1. The summed E-state index contributed by atoms with van der Waals surface area (Å²) in [4.78, 5) is 8.35. The molecule has 0 saturated heterocycles. The molecular weight excluding hydrogens is 218 g/mol. The van der Waals surface area contributed by atoms with Gasteiger partial charge in [-0.1, -0.05) is 0 Å². The summed E-state index contributed by atoms with van der Waals surface area (Å²) in [5.74, 6) is 1.12. The summed E-state index contributed by atoms with van der Waals surface area (Å²) in [5.41, 5.74) is 1.05. The lowest BCUT2D eigenvalue weighted by molar-refractivity contribution is 0.232. The first-order chi connectivity index (χ1) is 8.24. The monoisotopic (exact) mass is 233 g/mol. The highest BCUT2D eigenvalue weighted by molar-refractivity contribution is 5.28. The van der Waals surface area contributed by atoms with Gasteiger partial charge in [0.2, 0.25) is 11.8 Å². The lowest BCUT2D eigenvalue weighted by atomic mass is 10.3. The Labute approximate surface area is 99.8 Å². The molecule has 17 heavy (non-hydrogen) atoms. The fourth-order valence-corrected chi connectivity index (χ4v) is 1.31. The van der Waals surface area contributed by atoms with Crippen LogP contribution in [-0.4, -0.2) is 16.1 Å². The third kappa shape index (κ3) is 3.48. The molecule has 5 heteroatoms. The Bertz CT molecular complexity index is 455. The Kier molecular flexibility index (Phi) is 3.59. The van der Waals surface area contributed by atoms with Crippen molar-refractivity contribution in [2.45, 2.75) is 26.5 Å². The average Bonchev–Trinajstić information content (AvgIpc) is 2.79. The molecule has 0 amide bonds. The molecule has 0 bridgehead atoms. The van der Waals surface area contributed by atoms with Gasteiger partial charge in [-0.15, -0.1) is 0 Å². The minimum atomic E-state index is 0.103. The van der Waals surface area contributed by atoms with E-state index in [0.29, 0.717) is 18.4 Å². The second kappa shape index (κ2) is 5.34. The number of nitrogens with zero attached hydrogens (tertiary/aromatic N) is 2. The number of anilines is 1. The third-order valence-corrected chi connectivity index (χ3v) is 2.02. The van der Waals surface area contributed by atoms with Gasteiger partial charge in [0, 0.05) is 24.4 Å². The maximum atomic E-state index is 5.48. The minimum Gasteiger partial charge on any atom is -0.475 e. The van der Waals surface area contributed by atoms with Crippen molar-refractivity contribution in [1.29, 1.82) is 0 Å². The van der Waals surface area contributed by atoms with Crippen molar-refractivity contribution in [3.63, 3.8) is 0 Å². The molecule has 2 aromatic heterocycles. The summed E-state index contributed by atoms with van der Waals surface area (Å²) in [6, 6.07) is 3.63. The number of aromatic nitrogens is 2. The van der Waals surface area contributed by atoms with Crippen molar-refractivity contribution >= 4 is 5.95 Å². The van der Waals surface area contributed by atoms with Gasteiger partial charge >= 0.3 is 0 Å². The van der Waals surface area contributed by atoms with Crippen LogP contribution in [0.25, 0.3) is 0 Å². The molecular formula is C12H15N3O2. The summed E-state index contributed by atoms with van der Waals surface area (Å²) in [5, 5.41) is 3.10. The number of hydrogen-bond acceptors (Lipinski definition) is 5. The first-order valence-corrected chi connectivity index (χ1v) is 5.48. The lowest BCUT2D eigenvalue weighted by Gasteiger charge is -2.09. The second-order valence-electron chi connectivity index (χ2n) is 3.87. The van der Waals surface area contributed by atoms with E-state index in [1.165, 1.54) is 0 Å². The molecule has 0 saturated carbocycles. The molecule has 2 rings (SSSR count). The number of rotatable bonds is 5. The fourth-order valence-electron chi connectivity index (χ4n) is 1.31. The summed E-state index contributed by atoms with van der Waals surface area (Å²) in [6.07, 6.45) is 5.09. The van der Waals surface area contributed by atoms with E-state index in [0.717, 1.165) is 5.56 Å². The van der Waals surface area contributed by atoms with Gasteiger partial charge in [-0.25, -0.2) is 4.98 Å². The third-order valence-electron chi connectivity index (χ3n) is 2.02. The Morgan fingerprint density at radius 1 is 1.41 bits per heavy atom. The predicted octanol–water partition coefficient (Wildman–Crippen LogP) is 2.47. The van der Waals surface area contributed by atoms with Crippen molar-refractivity contribution < 1.29 is 9.15 Å². The van der Waals surface area contributed by atoms with Crippen LogP contribution >= 0.6 is 0 Å². The molecule has 90 valence electrons. The molecule has 0 fully saturated rings. The molecule has 0 aromatic carbocycles. The zero-order valence-corrected chi connectivity index (χ0v) is 9.88. The summed E-state index contributed by atoms with van der Waals surface area (Å²) >= 11 is 0. The highest BCUT2D eigenvalue weighted by Crippen LogP contribution is 2.11. The largest absolute Gasteiger partial charge is 0.475 e. The zero-order chi connectivity index (χ0) is 12.1. The van der Waals surface area contributed by atoms with Crippen molar-refractivity contribution in [3.05, 3.63) is 36.4 Å². The van der Waals surface area contributed by atoms with Crippen LogP contribution in [0.1, 0.15) is 19.4 Å². The molecule has 0 radical (unpaired) electrons. The van der Waals surface area contributed by atoms with Crippen molar-refractivity contribution in [2.24, 2.45) is 0 Å². The summed E-state index contributed by atoms with van der Waals surface area (Å²) in [7, 11) is 0. The molecule has 5 nitrogen and oxygen atoms in total. The Hall–Kier alpha value is -2.04. The maximum Gasteiger partial charge on any atom is 0.226 e. The van der Waals surface area contributed by atoms with E-state index in [2.05, 4.69) is 15.3 Å². The highest BCUT2D eigenvalue weighted by Gasteiger charge is 2.02. The van der Waals surface area contributed by atoms with Crippen LogP contribution in [0.5, 0.6) is 5.88 Å². The van der Waals surface area contributed by atoms with E-state index in [4.69, 9.17) is 9.15 Å². The fraction of sp³-hybridized carbons (Fsp3) is 0.333. The Morgan fingerprint density at radius 2 is 2.29 bits per heavy atom. The minimum absolute atomic E-state index is 0.103. The summed E-state index contributed by atoms with van der Waals surface area (Å²) in [6.45, 7) is 4.54. The van der Waals surface area contributed by atoms with Crippen LogP contribution < -0.4 is 10.1 Å². The standard InChI is InChI=1S/C12H15N3O2/c1-9(2)17-11-3-5-13-12(15-11)14-7-10-4-6-16-8-10/h3-6,8-9H,7H2,1-2H3,(H,13,14,15). The molecule has 0 atom stereocenters. The zero-order valence-electron chi connectivity index (χ0n) is 9.88. The van der Waals surface area contributed by atoms with Crippen LogP contribution in [0, 0.1) is 0 Å². The van der Waals surface area contributed by atoms with E-state index < -0.39 is 0 Å². The van der Waals surface area contributed by atoms with Crippen molar-refractivity contribution in [3.8, 4) is 5.88 Å². The van der Waals surface area contributed by atoms with E-state index in [1.807, 2.05) is 19.9 Å². The SMILES string of the molecule is CC(C)Oc1ccnc(NCc2ccoc2)n1. The van der Waals surface area contributed by atoms with Gasteiger partial charge in [-0.3, -0.25) is 0 Å². The molecule has 2 heterocycles. The number of nitrogens with one attached hydrogen (secondary N) is 1. The van der Waals surface area contributed by atoms with Crippen LogP contribution in [0.4, 0.5) is 5.95 Å². The molecule has 0 aliphatic heterocycles. The highest BCUT2D eigenvalue weighted by atomic mass is 16.5. The Balaban J connectivity index is 1.96. The predicted molar refractivity (Wildman–Crippen MR) is 63.8 cm³/mol. The van der Waals surface area contributed by atoms with Crippen molar-refractivity contribution in [2.75, 3.05) is 5.32 Å². The first-order valence-electron chi connectivity index (χ1n) is 5.48. The van der Waals surface area contributed by atoms with E-state index >= 15 is 0 Å². The van der Waals surface area contributed by atoms with Gasteiger partial charge in [-0.2, -0.15) is 4.98 Å². The van der Waals surface area contributed by atoms with Crippen LogP contribution in [0.2, 0.25) is 0 Å². The van der Waals surface area contributed by atoms with Gasteiger partial charge in [-0.05, 0) is 19.9 Å². The van der Waals surface area contributed by atoms with Gasteiger partial charge < -0.3 is 14.5 Å². The average molecular weight is 233 g/mol. The Morgan fingerprint density at radius 3 is 3.00 bits per heavy atom.